The van der Waals surface area contributed by atoms with Gasteiger partial charge in [0.1, 0.15) is 11.5 Å². The predicted octanol–water partition coefficient (Wildman–Crippen LogP) is 3.38. The van der Waals surface area contributed by atoms with Crippen LogP contribution >= 0.6 is 24.0 Å². The van der Waals surface area contributed by atoms with Crippen LogP contribution in [0, 0.1) is 0 Å². The molecule has 1 amide bonds. The molecule has 0 fully saturated rings. The number of carbonyl (C=O) groups is 1. The molecule has 0 bridgehead atoms. The van der Waals surface area contributed by atoms with Crippen LogP contribution in [-0.4, -0.2) is 63.1 Å². The number of guanidine groups is 1. The average Bonchev–Trinajstić information content (AvgIpc) is 2.75. The lowest BCUT2D eigenvalue weighted by molar-refractivity contribution is -0.130. The minimum absolute atomic E-state index is 0. The number of nitrogens with zero attached hydrogens (tertiary/aromatic N) is 3. The molecule has 0 atom stereocenters. The lowest BCUT2D eigenvalue weighted by atomic mass is 10.2. The van der Waals surface area contributed by atoms with E-state index in [9.17, 15) is 4.79 Å². The Kier molecular flexibility index (Phi) is 11.8. The van der Waals surface area contributed by atoms with Crippen molar-refractivity contribution in [3.05, 3.63) is 59.7 Å². The first kappa shape index (κ1) is 26.5. The first-order chi connectivity index (χ1) is 14.4. The van der Waals surface area contributed by atoms with E-state index < -0.39 is 0 Å². The van der Waals surface area contributed by atoms with Crippen molar-refractivity contribution in [3.63, 3.8) is 0 Å². The van der Waals surface area contributed by atoms with E-state index in [1.807, 2.05) is 50.4 Å². The van der Waals surface area contributed by atoms with Gasteiger partial charge in [0.25, 0.3) is 5.91 Å². The van der Waals surface area contributed by atoms with E-state index in [0.717, 1.165) is 30.4 Å². The molecule has 8 heteroatoms. The first-order valence-corrected chi connectivity index (χ1v) is 9.97. The maximum absolute atomic E-state index is 11.7. The number of halogens is 1. The first-order valence-electron chi connectivity index (χ1n) is 9.97. The fraction of sp³-hybridized carbons (Fsp3) is 0.391. The molecule has 0 aliphatic carbocycles. The summed E-state index contributed by atoms with van der Waals surface area (Å²) < 4.78 is 10.8. The van der Waals surface area contributed by atoms with E-state index in [1.54, 1.807) is 21.2 Å². The zero-order chi connectivity index (χ0) is 21.9. The van der Waals surface area contributed by atoms with Gasteiger partial charge in [-0.3, -0.25) is 4.79 Å². The number of likely N-dealkylation sites (N-methyl/N-ethyl adjacent to an activating group) is 1. The monoisotopic (exact) mass is 540 g/mol. The lowest BCUT2D eigenvalue weighted by Crippen LogP contribution is -2.38. The Bertz CT molecular complexity index is 841. The van der Waals surface area contributed by atoms with Crippen LogP contribution in [0.3, 0.4) is 0 Å². The molecule has 0 unspecified atom stereocenters. The summed E-state index contributed by atoms with van der Waals surface area (Å²) in [6.45, 7) is 4.08. The number of rotatable bonds is 9. The van der Waals surface area contributed by atoms with E-state index in [0.29, 0.717) is 12.3 Å². The van der Waals surface area contributed by atoms with Gasteiger partial charge in [-0.1, -0.05) is 24.3 Å². The van der Waals surface area contributed by atoms with Gasteiger partial charge in [0.2, 0.25) is 0 Å². The minimum atomic E-state index is -0.0759. The van der Waals surface area contributed by atoms with Crippen LogP contribution in [0.5, 0.6) is 11.5 Å². The summed E-state index contributed by atoms with van der Waals surface area (Å²) in [6.07, 6.45) is 0. The van der Waals surface area contributed by atoms with Crippen molar-refractivity contribution >= 4 is 35.8 Å². The molecule has 0 heterocycles. The third-order valence-corrected chi connectivity index (χ3v) is 4.45. The van der Waals surface area contributed by atoms with Crippen LogP contribution in [0.4, 0.5) is 0 Å². The molecule has 0 spiro atoms. The van der Waals surface area contributed by atoms with Gasteiger partial charge in [-0.15, -0.1) is 24.0 Å². The number of nitrogens with one attached hydrogen (secondary N) is 1. The van der Waals surface area contributed by atoms with Crippen LogP contribution < -0.4 is 14.8 Å². The Balaban J connectivity index is 0.00000480. The van der Waals surface area contributed by atoms with Crippen molar-refractivity contribution in [1.82, 2.24) is 15.1 Å². The summed E-state index contributed by atoms with van der Waals surface area (Å²) >= 11 is 0. The standard InChI is InChI=1S/C23H32N4O3.HI/c1-6-24-23(27(4)16-18-10-12-20(29-5)13-11-18)25-15-19-8-7-9-21(14-19)30-17-22(28)26(2)3;/h7-14H,6,15-17H2,1-5H3,(H,24,25);1H. The second kappa shape index (κ2) is 13.7. The Hall–Kier alpha value is -2.49. The largest absolute Gasteiger partial charge is 0.497 e. The van der Waals surface area contributed by atoms with Crippen molar-refractivity contribution in [2.45, 2.75) is 20.0 Å². The van der Waals surface area contributed by atoms with Gasteiger partial charge in [0, 0.05) is 34.2 Å². The van der Waals surface area contributed by atoms with Crippen molar-refractivity contribution in [2.24, 2.45) is 4.99 Å². The molecule has 0 aliphatic heterocycles. The molecule has 170 valence electrons. The van der Waals surface area contributed by atoms with Gasteiger partial charge in [-0.05, 0) is 42.3 Å². The summed E-state index contributed by atoms with van der Waals surface area (Å²) in [5.74, 6) is 2.25. The van der Waals surface area contributed by atoms with Crippen LogP contribution in [0.2, 0.25) is 0 Å². The lowest BCUT2D eigenvalue weighted by Gasteiger charge is -2.22. The average molecular weight is 540 g/mol. The minimum Gasteiger partial charge on any atom is -0.497 e. The molecule has 0 saturated heterocycles. The highest BCUT2D eigenvalue weighted by molar-refractivity contribution is 14.0. The molecule has 1 N–H and O–H groups in total. The van der Waals surface area contributed by atoms with E-state index >= 15 is 0 Å². The van der Waals surface area contributed by atoms with Gasteiger partial charge < -0.3 is 24.6 Å². The number of ether oxygens (including phenoxy) is 2. The molecule has 7 nitrogen and oxygen atoms in total. The van der Waals surface area contributed by atoms with Crippen LogP contribution in [0.15, 0.2) is 53.5 Å². The van der Waals surface area contributed by atoms with Gasteiger partial charge >= 0.3 is 0 Å². The highest BCUT2D eigenvalue weighted by Gasteiger charge is 2.08. The molecule has 31 heavy (non-hydrogen) atoms. The summed E-state index contributed by atoms with van der Waals surface area (Å²) in [5, 5.41) is 3.33. The summed E-state index contributed by atoms with van der Waals surface area (Å²) in [5.41, 5.74) is 2.18. The molecular formula is C23H33IN4O3. The highest BCUT2D eigenvalue weighted by atomic mass is 127. The van der Waals surface area contributed by atoms with E-state index in [-0.39, 0.29) is 36.5 Å². The number of hydrogen-bond acceptors (Lipinski definition) is 4. The third kappa shape index (κ3) is 9.04. The fourth-order valence-corrected chi connectivity index (χ4v) is 2.72. The SMILES string of the molecule is CCNC(=NCc1cccc(OCC(=O)N(C)C)c1)N(C)Cc1ccc(OC)cc1.I. The zero-order valence-corrected chi connectivity index (χ0v) is 21.3. The Morgan fingerprint density at radius 3 is 2.35 bits per heavy atom. The molecule has 0 radical (unpaired) electrons. The normalized spacial score (nSPS) is 10.7. The topological polar surface area (TPSA) is 66.4 Å². The second-order valence-corrected chi connectivity index (χ2v) is 7.10. The molecule has 0 aliphatic rings. The Labute approximate surface area is 202 Å². The maximum atomic E-state index is 11.7. The van der Waals surface area contributed by atoms with Crippen molar-refractivity contribution in [2.75, 3.05) is 41.4 Å². The van der Waals surface area contributed by atoms with Gasteiger partial charge in [0.05, 0.1) is 13.7 Å². The highest BCUT2D eigenvalue weighted by Crippen LogP contribution is 2.15. The molecule has 2 rings (SSSR count). The fourth-order valence-electron chi connectivity index (χ4n) is 2.72. The number of carbonyl (C=O) groups excluding carboxylic acids is 1. The quantitative estimate of drug-likeness (QED) is 0.300. The summed E-state index contributed by atoms with van der Waals surface area (Å²) in [7, 11) is 7.10. The smallest absolute Gasteiger partial charge is 0.259 e. The number of benzene rings is 2. The number of aliphatic imine (C=N–C) groups is 1. The van der Waals surface area contributed by atoms with E-state index in [1.165, 1.54) is 10.5 Å². The van der Waals surface area contributed by atoms with Crippen molar-refractivity contribution in [1.29, 1.82) is 0 Å². The predicted molar refractivity (Wildman–Crippen MR) is 135 cm³/mol. The van der Waals surface area contributed by atoms with Gasteiger partial charge in [-0.25, -0.2) is 4.99 Å². The van der Waals surface area contributed by atoms with Gasteiger partial charge in [0.15, 0.2) is 12.6 Å². The maximum Gasteiger partial charge on any atom is 0.259 e. The van der Waals surface area contributed by atoms with E-state index in [4.69, 9.17) is 14.5 Å². The van der Waals surface area contributed by atoms with Crippen molar-refractivity contribution in [3.8, 4) is 11.5 Å². The summed E-state index contributed by atoms with van der Waals surface area (Å²) in [4.78, 5) is 20.1. The number of hydrogen-bond donors (Lipinski definition) is 1. The van der Waals surface area contributed by atoms with Gasteiger partial charge in [-0.2, -0.15) is 0 Å². The Morgan fingerprint density at radius 2 is 1.74 bits per heavy atom. The second-order valence-electron chi connectivity index (χ2n) is 7.10. The zero-order valence-electron chi connectivity index (χ0n) is 18.9. The molecule has 2 aromatic carbocycles. The number of amides is 1. The molecule has 2 aromatic rings. The van der Waals surface area contributed by atoms with Crippen molar-refractivity contribution < 1.29 is 14.3 Å². The molecular weight excluding hydrogens is 507 g/mol. The summed E-state index contributed by atoms with van der Waals surface area (Å²) in [6, 6.07) is 15.7. The Morgan fingerprint density at radius 1 is 1.03 bits per heavy atom. The molecule has 0 aromatic heterocycles. The van der Waals surface area contributed by atoms with Crippen LogP contribution in [-0.2, 0) is 17.9 Å². The van der Waals surface area contributed by atoms with Crippen LogP contribution in [0.1, 0.15) is 18.1 Å². The third-order valence-electron chi connectivity index (χ3n) is 4.45. The van der Waals surface area contributed by atoms with Crippen LogP contribution in [0.25, 0.3) is 0 Å². The molecule has 0 saturated carbocycles. The van der Waals surface area contributed by atoms with E-state index in [2.05, 4.69) is 22.3 Å². The number of methoxy groups -OCH3 is 1.